The molecule has 92 valence electrons. The largest absolute Gasteiger partial charge is 0.416 e. The Morgan fingerprint density at radius 1 is 1.24 bits per heavy atom. The molecule has 0 heterocycles. The predicted molar refractivity (Wildman–Crippen MR) is 62.6 cm³/mol. The lowest BCUT2D eigenvalue weighted by Crippen LogP contribution is -2.14. The Bertz CT molecular complexity index is 442. The monoisotopic (exact) mass is 242 g/mol. The van der Waals surface area contributed by atoms with Gasteiger partial charge in [-0.05, 0) is 24.6 Å². The zero-order valence-corrected chi connectivity index (χ0v) is 9.55. The zero-order chi connectivity index (χ0) is 13.1. The highest BCUT2D eigenvalue weighted by molar-refractivity contribution is 6.21. The fraction of sp³-hybridized carbons (Fsp3) is 0.250. The lowest BCUT2D eigenvalue weighted by molar-refractivity contribution is -0.137. The summed E-state index contributed by atoms with van der Waals surface area (Å²) in [6, 6.07) is 4.83. The van der Waals surface area contributed by atoms with Crippen LogP contribution in [0.15, 0.2) is 35.3 Å². The molecule has 0 aliphatic carbocycles. The van der Waals surface area contributed by atoms with Crippen LogP contribution in [-0.4, -0.2) is 12.9 Å². The van der Waals surface area contributed by atoms with Crippen molar-refractivity contribution >= 4 is 11.4 Å². The summed E-state index contributed by atoms with van der Waals surface area (Å²) in [5.74, 6) is 0.298. The second kappa shape index (κ2) is 5.03. The number of aliphatic imine (C=N–C) groups is 1. The highest BCUT2D eigenvalue weighted by atomic mass is 19.4. The van der Waals surface area contributed by atoms with Gasteiger partial charge in [0.15, 0.2) is 0 Å². The summed E-state index contributed by atoms with van der Waals surface area (Å²) in [4.78, 5) is 3.81. The van der Waals surface area contributed by atoms with Crippen molar-refractivity contribution in [2.45, 2.75) is 13.1 Å². The normalized spacial score (nSPS) is 13.9. The second-order valence-electron chi connectivity index (χ2n) is 3.39. The number of nitrogens with two attached hydrogens (primary N) is 1. The number of hydrogen-bond donors (Lipinski definition) is 1. The summed E-state index contributed by atoms with van der Waals surface area (Å²) >= 11 is 0. The van der Waals surface area contributed by atoms with E-state index in [1.165, 1.54) is 19.2 Å². The van der Waals surface area contributed by atoms with E-state index < -0.39 is 11.7 Å². The van der Waals surface area contributed by atoms with E-state index in [2.05, 4.69) is 4.99 Å². The summed E-state index contributed by atoms with van der Waals surface area (Å²) in [5, 5.41) is 0. The molecule has 0 aromatic heterocycles. The van der Waals surface area contributed by atoms with Gasteiger partial charge in [-0.25, -0.2) is 0 Å². The molecule has 1 rings (SSSR count). The molecule has 0 aliphatic heterocycles. The minimum atomic E-state index is -4.32. The van der Waals surface area contributed by atoms with Crippen molar-refractivity contribution in [2.75, 3.05) is 7.05 Å². The van der Waals surface area contributed by atoms with Gasteiger partial charge in [0.25, 0.3) is 0 Å². The summed E-state index contributed by atoms with van der Waals surface area (Å²) in [5.41, 5.74) is 6.21. The van der Waals surface area contributed by atoms with Crippen LogP contribution in [0.25, 0.3) is 5.57 Å². The fourth-order valence-corrected chi connectivity index (χ4v) is 1.42. The lowest BCUT2D eigenvalue weighted by atomic mass is 10.0. The molecule has 0 saturated carbocycles. The van der Waals surface area contributed by atoms with Gasteiger partial charge in [-0.1, -0.05) is 18.2 Å². The summed E-state index contributed by atoms with van der Waals surface area (Å²) in [6.07, 6.45) is -2.61. The van der Waals surface area contributed by atoms with Crippen LogP contribution in [0.4, 0.5) is 13.2 Å². The Labute approximate surface area is 97.7 Å². The highest BCUT2D eigenvalue weighted by Gasteiger charge is 2.30. The van der Waals surface area contributed by atoms with Crippen molar-refractivity contribution < 1.29 is 13.2 Å². The molecule has 5 heteroatoms. The molecule has 17 heavy (non-hydrogen) atoms. The third-order valence-corrected chi connectivity index (χ3v) is 2.33. The van der Waals surface area contributed by atoms with Crippen LogP contribution in [0, 0.1) is 0 Å². The van der Waals surface area contributed by atoms with Gasteiger partial charge in [0.1, 0.15) is 5.84 Å². The molecule has 0 bridgehead atoms. The smallest absolute Gasteiger partial charge is 0.384 e. The third-order valence-electron chi connectivity index (χ3n) is 2.33. The van der Waals surface area contributed by atoms with Crippen LogP contribution >= 0.6 is 0 Å². The van der Waals surface area contributed by atoms with Gasteiger partial charge in [0.2, 0.25) is 0 Å². The average molecular weight is 242 g/mol. The van der Waals surface area contributed by atoms with E-state index in [0.29, 0.717) is 17.0 Å². The number of allylic oxidation sites excluding steroid dienone is 1. The molecule has 0 fully saturated rings. The van der Waals surface area contributed by atoms with Gasteiger partial charge >= 0.3 is 6.18 Å². The molecule has 0 unspecified atom stereocenters. The molecular formula is C12H13F3N2. The fourth-order valence-electron chi connectivity index (χ4n) is 1.42. The molecule has 0 atom stereocenters. The summed E-state index contributed by atoms with van der Waals surface area (Å²) in [7, 11) is 1.53. The van der Waals surface area contributed by atoms with Crippen LogP contribution < -0.4 is 5.73 Å². The van der Waals surface area contributed by atoms with Crippen molar-refractivity contribution in [2.24, 2.45) is 10.7 Å². The number of alkyl halides is 3. The van der Waals surface area contributed by atoms with Crippen LogP contribution in [0.2, 0.25) is 0 Å². The van der Waals surface area contributed by atoms with Crippen LogP contribution in [0.1, 0.15) is 18.1 Å². The first-order chi connectivity index (χ1) is 7.90. The van der Waals surface area contributed by atoms with Gasteiger partial charge in [0.05, 0.1) is 5.56 Å². The SMILES string of the molecule is C/C=C(\C(N)=NC)c1ccc(C(F)(F)F)cc1. The number of rotatable bonds is 2. The lowest BCUT2D eigenvalue weighted by Gasteiger charge is -2.09. The first kappa shape index (κ1) is 13.3. The Balaban J connectivity index is 3.11. The summed E-state index contributed by atoms with van der Waals surface area (Å²) < 4.78 is 37.1. The minimum Gasteiger partial charge on any atom is -0.384 e. The first-order valence-electron chi connectivity index (χ1n) is 4.96. The Kier molecular flexibility index (Phi) is 3.93. The molecule has 0 aliphatic rings. The summed E-state index contributed by atoms with van der Waals surface area (Å²) in [6.45, 7) is 1.76. The topological polar surface area (TPSA) is 38.4 Å². The molecule has 0 amide bonds. The quantitative estimate of drug-likeness (QED) is 0.628. The Morgan fingerprint density at radius 2 is 1.76 bits per heavy atom. The van der Waals surface area contributed by atoms with E-state index >= 15 is 0 Å². The molecule has 2 nitrogen and oxygen atoms in total. The van der Waals surface area contributed by atoms with Gasteiger partial charge in [-0.2, -0.15) is 13.2 Å². The second-order valence-corrected chi connectivity index (χ2v) is 3.39. The Hall–Kier alpha value is -1.78. The number of hydrogen-bond acceptors (Lipinski definition) is 1. The molecule has 0 spiro atoms. The van der Waals surface area contributed by atoms with Crippen molar-refractivity contribution in [1.82, 2.24) is 0 Å². The van der Waals surface area contributed by atoms with Gasteiger partial charge < -0.3 is 5.73 Å². The van der Waals surface area contributed by atoms with E-state index in [-0.39, 0.29) is 0 Å². The van der Waals surface area contributed by atoms with E-state index in [9.17, 15) is 13.2 Å². The number of nitrogens with zero attached hydrogens (tertiary/aromatic N) is 1. The molecule has 1 aromatic rings. The van der Waals surface area contributed by atoms with Crippen LogP contribution in [-0.2, 0) is 6.18 Å². The maximum Gasteiger partial charge on any atom is 0.416 e. The standard InChI is InChI=1S/C12H13F3N2/c1-3-10(11(16)17-2)8-4-6-9(7-5-8)12(13,14)15/h3-7H,1-2H3,(H2,16,17)/b10-3-. The first-order valence-corrected chi connectivity index (χ1v) is 4.96. The number of benzene rings is 1. The third kappa shape index (κ3) is 3.09. The van der Waals surface area contributed by atoms with Crippen molar-refractivity contribution in [3.63, 3.8) is 0 Å². The van der Waals surface area contributed by atoms with E-state index in [1.54, 1.807) is 13.0 Å². The minimum absolute atomic E-state index is 0.298. The van der Waals surface area contributed by atoms with Crippen LogP contribution in [0.3, 0.4) is 0 Å². The van der Waals surface area contributed by atoms with Gasteiger partial charge in [-0.15, -0.1) is 0 Å². The van der Waals surface area contributed by atoms with Crippen LogP contribution in [0.5, 0.6) is 0 Å². The van der Waals surface area contributed by atoms with E-state index in [1.807, 2.05) is 0 Å². The maximum atomic E-state index is 12.4. The highest BCUT2D eigenvalue weighted by Crippen LogP contribution is 2.30. The van der Waals surface area contributed by atoms with E-state index in [4.69, 9.17) is 5.73 Å². The van der Waals surface area contributed by atoms with Gasteiger partial charge in [0, 0.05) is 12.6 Å². The van der Waals surface area contributed by atoms with Crippen molar-refractivity contribution in [3.05, 3.63) is 41.5 Å². The maximum absolute atomic E-state index is 12.4. The molecule has 1 aromatic carbocycles. The average Bonchev–Trinajstić information content (AvgIpc) is 2.29. The molecule has 0 saturated heterocycles. The van der Waals surface area contributed by atoms with E-state index in [0.717, 1.165) is 12.1 Å². The number of amidine groups is 1. The molecule has 0 radical (unpaired) electrons. The van der Waals surface area contributed by atoms with Gasteiger partial charge in [-0.3, -0.25) is 4.99 Å². The zero-order valence-electron chi connectivity index (χ0n) is 9.55. The Morgan fingerprint density at radius 3 is 2.12 bits per heavy atom. The predicted octanol–water partition coefficient (Wildman–Crippen LogP) is 3.10. The molecule has 2 N–H and O–H groups in total. The van der Waals surface area contributed by atoms with Crippen molar-refractivity contribution in [3.8, 4) is 0 Å². The number of halogens is 3. The van der Waals surface area contributed by atoms with Crippen molar-refractivity contribution in [1.29, 1.82) is 0 Å². The molecular weight excluding hydrogens is 229 g/mol.